The van der Waals surface area contributed by atoms with Crippen LogP contribution < -0.4 is 5.32 Å². The maximum atomic E-state index is 11.1. The van der Waals surface area contributed by atoms with E-state index in [9.17, 15) is 15.2 Å². The Balaban J connectivity index is 2.38. The van der Waals surface area contributed by atoms with Crippen molar-refractivity contribution in [3.63, 3.8) is 0 Å². The van der Waals surface area contributed by atoms with Crippen molar-refractivity contribution in [1.82, 2.24) is 4.98 Å². The van der Waals surface area contributed by atoms with Gasteiger partial charge in [-0.3, -0.25) is 15.1 Å². The van der Waals surface area contributed by atoms with Gasteiger partial charge in [0.15, 0.2) is 0 Å². The summed E-state index contributed by atoms with van der Waals surface area (Å²) in [5.41, 5.74) is 0.0132. The van der Waals surface area contributed by atoms with Gasteiger partial charge in [0.05, 0.1) is 15.9 Å². The van der Waals surface area contributed by atoms with Crippen LogP contribution in [0.25, 0.3) is 10.8 Å². The van der Waals surface area contributed by atoms with Crippen molar-refractivity contribution in [2.45, 2.75) is 32.3 Å². The molecule has 1 aromatic heterocycles. The third-order valence-corrected chi connectivity index (χ3v) is 3.92. The van der Waals surface area contributed by atoms with Gasteiger partial charge in [0, 0.05) is 36.1 Å². The molecule has 2 aromatic rings. The number of anilines is 1. The molecule has 0 spiro atoms. The van der Waals surface area contributed by atoms with Crippen molar-refractivity contribution in [1.29, 1.82) is 0 Å². The molecule has 0 fully saturated rings. The van der Waals surface area contributed by atoms with E-state index in [4.69, 9.17) is 0 Å². The lowest BCUT2D eigenvalue weighted by Crippen LogP contribution is -2.35. The van der Waals surface area contributed by atoms with Gasteiger partial charge in [-0.25, -0.2) is 0 Å². The summed E-state index contributed by atoms with van der Waals surface area (Å²) in [6, 6.07) is 4.76. The van der Waals surface area contributed by atoms with E-state index in [1.54, 1.807) is 18.3 Å². The predicted molar refractivity (Wildman–Crippen MR) is 82.4 cm³/mol. The van der Waals surface area contributed by atoms with Gasteiger partial charge < -0.3 is 10.4 Å². The lowest BCUT2D eigenvalue weighted by Gasteiger charge is -2.26. The molecule has 0 saturated carbocycles. The third kappa shape index (κ3) is 3.11. The molecule has 0 bridgehead atoms. The molecule has 1 heterocycles. The van der Waals surface area contributed by atoms with Gasteiger partial charge in [-0.05, 0) is 25.0 Å². The highest BCUT2D eigenvalue weighted by Crippen LogP contribution is 2.31. The van der Waals surface area contributed by atoms with Gasteiger partial charge in [-0.15, -0.1) is 0 Å². The van der Waals surface area contributed by atoms with E-state index in [1.165, 1.54) is 12.3 Å². The highest BCUT2D eigenvalue weighted by Gasteiger charge is 2.22. The molecule has 1 aromatic carbocycles. The quantitative estimate of drug-likeness (QED) is 0.630. The Kier molecular flexibility index (Phi) is 4.37. The van der Waals surface area contributed by atoms with Crippen LogP contribution in [0.2, 0.25) is 0 Å². The second-order valence-electron chi connectivity index (χ2n) is 5.10. The average Bonchev–Trinajstić information content (AvgIpc) is 2.52. The Morgan fingerprint density at radius 1 is 1.29 bits per heavy atom. The fraction of sp³-hybridized carbons (Fsp3) is 0.400. The van der Waals surface area contributed by atoms with Crippen LogP contribution in [0.5, 0.6) is 0 Å². The summed E-state index contributed by atoms with van der Waals surface area (Å²) in [5, 5.41) is 25.8. The van der Waals surface area contributed by atoms with Crippen molar-refractivity contribution in [3.8, 4) is 0 Å². The van der Waals surface area contributed by atoms with Crippen molar-refractivity contribution in [2.24, 2.45) is 0 Å². The van der Waals surface area contributed by atoms with Crippen molar-refractivity contribution >= 4 is 22.1 Å². The van der Waals surface area contributed by atoms with Gasteiger partial charge >= 0.3 is 0 Å². The second kappa shape index (κ2) is 6.05. The van der Waals surface area contributed by atoms with Gasteiger partial charge in [-0.1, -0.05) is 13.8 Å². The molecule has 112 valence electrons. The molecule has 2 N–H and O–H groups in total. The minimum Gasteiger partial charge on any atom is -0.388 e. The summed E-state index contributed by atoms with van der Waals surface area (Å²) in [6.45, 7) is 4.25. The molecule has 2 rings (SSSR count). The fourth-order valence-electron chi connectivity index (χ4n) is 2.25. The molecule has 0 aliphatic rings. The topological polar surface area (TPSA) is 88.3 Å². The molecule has 0 amide bonds. The predicted octanol–water partition coefficient (Wildman–Crippen LogP) is 3.11. The zero-order valence-electron chi connectivity index (χ0n) is 12.2. The lowest BCUT2D eigenvalue weighted by atomic mass is 9.97. The monoisotopic (exact) mass is 289 g/mol. The van der Waals surface area contributed by atoms with Gasteiger partial charge in [-0.2, -0.15) is 0 Å². The number of nitrogens with zero attached hydrogens (tertiary/aromatic N) is 2. The first-order valence-corrected chi connectivity index (χ1v) is 6.98. The molecule has 0 aliphatic heterocycles. The summed E-state index contributed by atoms with van der Waals surface area (Å²) < 4.78 is 0. The average molecular weight is 289 g/mol. The maximum Gasteiger partial charge on any atom is 0.277 e. The number of hydrogen-bond acceptors (Lipinski definition) is 5. The minimum absolute atomic E-state index is 0.0548. The molecule has 0 unspecified atom stereocenters. The Bertz CT molecular complexity index is 654. The number of hydrogen-bond donors (Lipinski definition) is 2. The molecule has 0 radical (unpaired) electrons. The molecule has 0 saturated heterocycles. The number of pyridine rings is 1. The van der Waals surface area contributed by atoms with Crippen molar-refractivity contribution in [3.05, 3.63) is 40.7 Å². The van der Waals surface area contributed by atoms with Crippen LogP contribution in [-0.4, -0.2) is 27.2 Å². The van der Waals surface area contributed by atoms with Crippen LogP contribution >= 0.6 is 0 Å². The Morgan fingerprint density at radius 3 is 2.62 bits per heavy atom. The van der Waals surface area contributed by atoms with Crippen LogP contribution in [0.4, 0.5) is 11.4 Å². The largest absolute Gasteiger partial charge is 0.388 e. The van der Waals surface area contributed by atoms with Gasteiger partial charge in [0.2, 0.25) is 0 Å². The van der Waals surface area contributed by atoms with E-state index in [0.717, 1.165) is 5.69 Å². The summed E-state index contributed by atoms with van der Waals surface area (Å²) in [5.74, 6) is 0. The zero-order chi connectivity index (χ0) is 15.5. The fourth-order valence-corrected chi connectivity index (χ4v) is 2.25. The number of fused-ring (bicyclic) bond motifs is 1. The van der Waals surface area contributed by atoms with E-state index < -0.39 is 10.5 Å². The highest BCUT2D eigenvalue weighted by molar-refractivity contribution is 5.99. The minimum atomic E-state index is -0.781. The Labute approximate surface area is 123 Å². The number of aromatic nitrogens is 1. The van der Waals surface area contributed by atoms with Crippen LogP contribution in [0, 0.1) is 10.1 Å². The van der Waals surface area contributed by atoms with Crippen LogP contribution in [0.15, 0.2) is 30.6 Å². The number of benzene rings is 1. The standard InChI is InChI=1S/C15H19N3O3/c1-3-15(19,4-2)10-17-13-5-6-14(18(20)21)11-7-8-16-9-12(11)13/h5-9,17,19H,3-4,10H2,1-2H3. The summed E-state index contributed by atoms with van der Waals surface area (Å²) in [6.07, 6.45) is 4.41. The number of nitrogens with one attached hydrogen (secondary N) is 1. The second-order valence-corrected chi connectivity index (χ2v) is 5.10. The molecule has 0 aliphatic carbocycles. The first kappa shape index (κ1) is 15.2. The summed E-state index contributed by atoms with van der Waals surface area (Å²) in [4.78, 5) is 14.7. The van der Waals surface area contributed by atoms with E-state index in [-0.39, 0.29) is 5.69 Å². The molecular formula is C15H19N3O3. The number of rotatable bonds is 6. The van der Waals surface area contributed by atoms with E-state index in [2.05, 4.69) is 10.3 Å². The smallest absolute Gasteiger partial charge is 0.277 e. The molecular weight excluding hydrogens is 270 g/mol. The first-order valence-electron chi connectivity index (χ1n) is 6.98. The summed E-state index contributed by atoms with van der Waals surface area (Å²) in [7, 11) is 0. The SMILES string of the molecule is CCC(O)(CC)CNc1ccc([N+](=O)[O-])c2ccncc12. The Hall–Kier alpha value is -2.21. The zero-order valence-corrected chi connectivity index (χ0v) is 12.2. The highest BCUT2D eigenvalue weighted by atomic mass is 16.6. The van der Waals surface area contributed by atoms with Crippen molar-refractivity contribution in [2.75, 3.05) is 11.9 Å². The van der Waals surface area contributed by atoms with E-state index in [1.807, 2.05) is 13.8 Å². The normalized spacial score (nSPS) is 11.6. The lowest BCUT2D eigenvalue weighted by molar-refractivity contribution is -0.383. The van der Waals surface area contributed by atoms with Crippen LogP contribution in [0.1, 0.15) is 26.7 Å². The van der Waals surface area contributed by atoms with Crippen molar-refractivity contribution < 1.29 is 10.0 Å². The molecule has 6 nitrogen and oxygen atoms in total. The number of aliphatic hydroxyl groups is 1. The van der Waals surface area contributed by atoms with Crippen LogP contribution in [-0.2, 0) is 0 Å². The maximum absolute atomic E-state index is 11.1. The number of nitro benzene ring substituents is 1. The first-order chi connectivity index (χ1) is 10.0. The van der Waals surface area contributed by atoms with E-state index >= 15 is 0 Å². The summed E-state index contributed by atoms with van der Waals surface area (Å²) >= 11 is 0. The van der Waals surface area contributed by atoms with Gasteiger partial charge in [0.25, 0.3) is 5.69 Å². The van der Waals surface area contributed by atoms with Gasteiger partial charge in [0.1, 0.15) is 0 Å². The Morgan fingerprint density at radius 2 is 2.00 bits per heavy atom. The number of non-ortho nitro benzene ring substituents is 1. The third-order valence-electron chi connectivity index (χ3n) is 3.92. The molecule has 6 heteroatoms. The molecule has 21 heavy (non-hydrogen) atoms. The molecule has 0 atom stereocenters. The van der Waals surface area contributed by atoms with E-state index in [0.29, 0.717) is 30.2 Å². The number of nitro groups is 1. The van der Waals surface area contributed by atoms with Crippen LogP contribution in [0.3, 0.4) is 0 Å².